The molecule has 3 nitrogen and oxygen atoms in total. The van der Waals surface area contributed by atoms with Crippen molar-refractivity contribution in [1.29, 1.82) is 0 Å². The maximum atomic E-state index is 6.12. The number of rotatable bonds is 4. The normalized spacial score (nSPS) is 18.6. The summed E-state index contributed by atoms with van der Waals surface area (Å²) in [4.78, 5) is 0. The van der Waals surface area contributed by atoms with Gasteiger partial charge in [0.05, 0.1) is 11.2 Å². The molecule has 2 aromatic rings. The second kappa shape index (κ2) is 6.27. The molecule has 0 unspecified atom stereocenters. The van der Waals surface area contributed by atoms with Crippen LogP contribution in [0.4, 0.5) is 0 Å². The average molecular weight is 324 g/mol. The molecule has 0 amide bonds. The highest BCUT2D eigenvalue weighted by Gasteiger charge is 2.51. The largest absolute Gasteiger partial charge is 0.494 e. The molecule has 0 aromatic heterocycles. The first-order valence-electron chi connectivity index (χ1n) is 8.41. The first-order valence-corrected chi connectivity index (χ1v) is 8.41. The van der Waals surface area contributed by atoms with Gasteiger partial charge >= 0.3 is 7.12 Å². The summed E-state index contributed by atoms with van der Waals surface area (Å²) in [6, 6.07) is 16.3. The predicted molar refractivity (Wildman–Crippen MR) is 97.7 cm³/mol. The molecule has 1 aliphatic rings. The molecule has 126 valence electrons. The monoisotopic (exact) mass is 324 g/mol. The van der Waals surface area contributed by atoms with E-state index in [1.807, 2.05) is 24.3 Å². The first kappa shape index (κ1) is 17.1. The average Bonchev–Trinajstić information content (AvgIpc) is 2.75. The summed E-state index contributed by atoms with van der Waals surface area (Å²) in [6.07, 6.45) is 0. The van der Waals surface area contributed by atoms with E-state index >= 15 is 0 Å². The van der Waals surface area contributed by atoms with E-state index in [1.165, 1.54) is 5.56 Å². The van der Waals surface area contributed by atoms with Gasteiger partial charge in [-0.25, -0.2) is 0 Å². The number of aryl methyl sites for hydroxylation is 1. The number of hydrogen-bond acceptors (Lipinski definition) is 3. The summed E-state index contributed by atoms with van der Waals surface area (Å²) in [5.41, 5.74) is 2.70. The first-order chi connectivity index (χ1) is 11.3. The molecule has 1 fully saturated rings. The van der Waals surface area contributed by atoms with Crippen LogP contribution in [0.15, 0.2) is 48.5 Å². The zero-order chi connectivity index (χ0) is 17.4. The third kappa shape index (κ3) is 3.50. The quantitative estimate of drug-likeness (QED) is 0.799. The van der Waals surface area contributed by atoms with Crippen LogP contribution in [0, 0.1) is 6.92 Å². The second-order valence-electron chi connectivity index (χ2n) is 7.44. The molecule has 4 heteroatoms. The summed E-state index contributed by atoms with van der Waals surface area (Å²) in [7, 11) is -0.339. The highest BCUT2D eigenvalue weighted by molar-refractivity contribution is 6.62. The van der Waals surface area contributed by atoms with Gasteiger partial charge in [-0.15, -0.1) is 0 Å². The molecule has 0 radical (unpaired) electrons. The van der Waals surface area contributed by atoms with E-state index in [0.29, 0.717) is 6.61 Å². The summed E-state index contributed by atoms with van der Waals surface area (Å²) >= 11 is 0. The lowest BCUT2D eigenvalue weighted by molar-refractivity contribution is 0.00578. The zero-order valence-corrected chi connectivity index (χ0v) is 15.1. The lowest BCUT2D eigenvalue weighted by Crippen LogP contribution is -2.41. The molecule has 0 atom stereocenters. The molecular formula is C20H25BO3. The van der Waals surface area contributed by atoms with Gasteiger partial charge in [0, 0.05) is 0 Å². The molecule has 1 heterocycles. The Morgan fingerprint density at radius 1 is 0.917 bits per heavy atom. The highest BCUT2D eigenvalue weighted by Crippen LogP contribution is 2.36. The van der Waals surface area contributed by atoms with Crippen molar-refractivity contribution in [2.24, 2.45) is 0 Å². The second-order valence-corrected chi connectivity index (χ2v) is 7.44. The maximum absolute atomic E-state index is 6.12. The van der Waals surface area contributed by atoms with Crippen LogP contribution in [0.1, 0.15) is 38.8 Å². The number of benzene rings is 2. The van der Waals surface area contributed by atoms with E-state index in [-0.39, 0.29) is 18.3 Å². The van der Waals surface area contributed by atoms with Crippen molar-refractivity contribution in [3.8, 4) is 5.75 Å². The molecule has 24 heavy (non-hydrogen) atoms. The summed E-state index contributed by atoms with van der Waals surface area (Å²) in [5, 5.41) is 0. The minimum Gasteiger partial charge on any atom is -0.489 e. The van der Waals surface area contributed by atoms with E-state index < -0.39 is 0 Å². The molecule has 0 spiro atoms. The van der Waals surface area contributed by atoms with Crippen LogP contribution in [0.3, 0.4) is 0 Å². The van der Waals surface area contributed by atoms with Crippen molar-refractivity contribution in [3.05, 3.63) is 59.7 Å². The van der Waals surface area contributed by atoms with Crippen LogP contribution >= 0.6 is 0 Å². The third-order valence-electron chi connectivity index (χ3n) is 4.90. The minimum atomic E-state index is -0.339. The SMILES string of the molecule is Cc1ccc(OCc2cccc(B3OC(C)(C)C(C)(C)O3)c2)cc1. The Labute approximate surface area is 145 Å². The van der Waals surface area contributed by atoms with Gasteiger partial charge in [0.2, 0.25) is 0 Å². The summed E-state index contributed by atoms with van der Waals surface area (Å²) in [5.74, 6) is 0.877. The van der Waals surface area contributed by atoms with Crippen LogP contribution < -0.4 is 10.2 Å². The third-order valence-corrected chi connectivity index (χ3v) is 4.90. The van der Waals surface area contributed by atoms with Crippen molar-refractivity contribution in [3.63, 3.8) is 0 Å². The number of ether oxygens (including phenoxy) is 1. The lowest BCUT2D eigenvalue weighted by atomic mass is 9.78. The fourth-order valence-corrected chi connectivity index (χ4v) is 2.61. The Kier molecular flexibility index (Phi) is 4.45. The fourth-order valence-electron chi connectivity index (χ4n) is 2.61. The highest BCUT2D eigenvalue weighted by atomic mass is 16.7. The zero-order valence-electron chi connectivity index (χ0n) is 15.1. The van der Waals surface area contributed by atoms with E-state index in [0.717, 1.165) is 16.8 Å². The van der Waals surface area contributed by atoms with Gasteiger partial charge < -0.3 is 14.0 Å². The van der Waals surface area contributed by atoms with Gasteiger partial charge in [-0.2, -0.15) is 0 Å². The van der Waals surface area contributed by atoms with Crippen LogP contribution in [0.5, 0.6) is 5.75 Å². The van der Waals surface area contributed by atoms with Crippen LogP contribution in [-0.4, -0.2) is 18.3 Å². The summed E-state index contributed by atoms with van der Waals surface area (Å²) in [6.45, 7) is 10.9. The Balaban J connectivity index is 1.70. The van der Waals surface area contributed by atoms with Crippen LogP contribution in [0.2, 0.25) is 0 Å². The van der Waals surface area contributed by atoms with Crippen molar-refractivity contribution >= 4 is 12.6 Å². The van der Waals surface area contributed by atoms with Crippen molar-refractivity contribution in [2.75, 3.05) is 0 Å². The topological polar surface area (TPSA) is 27.7 Å². The van der Waals surface area contributed by atoms with Crippen LogP contribution in [-0.2, 0) is 15.9 Å². The van der Waals surface area contributed by atoms with Crippen molar-refractivity contribution in [2.45, 2.75) is 52.4 Å². The van der Waals surface area contributed by atoms with E-state index in [1.54, 1.807) is 0 Å². The Bertz CT molecular complexity index is 691. The molecule has 0 saturated carbocycles. The van der Waals surface area contributed by atoms with Gasteiger partial charge in [0.25, 0.3) is 0 Å². The van der Waals surface area contributed by atoms with Gasteiger partial charge in [0.15, 0.2) is 0 Å². The Morgan fingerprint density at radius 3 is 2.17 bits per heavy atom. The summed E-state index contributed by atoms with van der Waals surface area (Å²) < 4.78 is 18.1. The standard InChI is InChI=1S/C20H25BO3/c1-15-9-11-18(12-10-15)22-14-16-7-6-8-17(13-16)21-23-19(2,3)20(4,5)24-21/h6-13H,14H2,1-5H3. The van der Waals surface area contributed by atoms with Gasteiger partial charge in [-0.05, 0) is 57.8 Å². The molecule has 2 aromatic carbocycles. The van der Waals surface area contributed by atoms with E-state index in [9.17, 15) is 0 Å². The molecule has 0 aliphatic carbocycles. The lowest BCUT2D eigenvalue weighted by Gasteiger charge is -2.32. The van der Waals surface area contributed by atoms with Gasteiger partial charge in [0.1, 0.15) is 12.4 Å². The predicted octanol–water partition coefficient (Wildman–Crippen LogP) is 3.87. The maximum Gasteiger partial charge on any atom is 0.494 e. The minimum absolute atomic E-state index is 0.327. The molecular weight excluding hydrogens is 299 g/mol. The Morgan fingerprint density at radius 2 is 1.54 bits per heavy atom. The molecule has 0 bridgehead atoms. The van der Waals surface area contributed by atoms with Crippen molar-refractivity contribution < 1.29 is 14.0 Å². The number of hydrogen-bond donors (Lipinski definition) is 0. The smallest absolute Gasteiger partial charge is 0.489 e. The fraction of sp³-hybridized carbons (Fsp3) is 0.400. The molecule has 0 N–H and O–H groups in total. The van der Waals surface area contributed by atoms with Gasteiger partial charge in [-0.3, -0.25) is 0 Å². The van der Waals surface area contributed by atoms with E-state index in [4.69, 9.17) is 14.0 Å². The Hall–Kier alpha value is -1.78. The van der Waals surface area contributed by atoms with Gasteiger partial charge in [-0.1, -0.05) is 42.0 Å². The molecule has 1 saturated heterocycles. The molecule has 1 aliphatic heterocycles. The van der Waals surface area contributed by atoms with Crippen molar-refractivity contribution in [1.82, 2.24) is 0 Å². The molecule has 3 rings (SSSR count). The van der Waals surface area contributed by atoms with E-state index in [2.05, 4.69) is 58.9 Å². The van der Waals surface area contributed by atoms with Crippen LogP contribution in [0.25, 0.3) is 0 Å².